The van der Waals surface area contributed by atoms with E-state index in [0.717, 1.165) is 17.2 Å². The van der Waals surface area contributed by atoms with Crippen LogP contribution in [0.1, 0.15) is 33.5 Å². The Morgan fingerprint density at radius 3 is 2.52 bits per heavy atom. The number of hydrogen-bond acceptors (Lipinski definition) is 5. The van der Waals surface area contributed by atoms with E-state index >= 15 is 0 Å². The number of anilines is 1. The molecule has 0 aliphatic carbocycles. The molecule has 0 bridgehead atoms. The highest BCUT2D eigenvalue weighted by Crippen LogP contribution is 2.43. The summed E-state index contributed by atoms with van der Waals surface area (Å²) in [6.07, 6.45) is -0.506. The second kappa shape index (κ2) is 7.77. The van der Waals surface area contributed by atoms with Crippen molar-refractivity contribution in [1.29, 1.82) is 0 Å². The van der Waals surface area contributed by atoms with E-state index in [9.17, 15) is 24.8 Å². The number of fused-ring (bicyclic) bond motifs is 1. The summed E-state index contributed by atoms with van der Waals surface area (Å²) in [6.45, 7) is 2.20. The molecular weight excluding hydrogens is 396 g/mol. The highest BCUT2D eigenvalue weighted by molar-refractivity contribution is 6.10. The Bertz CT molecular complexity index is 1210. The number of para-hydroxylation sites is 1. The molecule has 0 fully saturated rings. The number of nitro benzene ring substituents is 1. The van der Waals surface area contributed by atoms with Gasteiger partial charge < -0.3 is 10.0 Å². The molecule has 1 atom stereocenters. The zero-order valence-electron chi connectivity index (χ0n) is 16.8. The van der Waals surface area contributed by atoms with Gasteiger partial charge in [-0.05, 0) is 24.1 Å². The molecule has 31 heavy (non-hydrogen) atoms. The van der Waals surface area contributed by atoms with Gasteiger partial charge in [0.05, 0.1) is 23.6 Å². The van der Waals surface area contributed by atoms with Crippen LogP contribution < -0.4 is 4.90 Å². The zero-order chi connectivity index (χ0) is 22.2. The van der Waals surface area contributed by atoms with Crippen LogP contribution in [0.5, 0.6) is 0 Å². The summed E-state index contributed by atoms with van der Waals surface area (Å²) in [6, 6.07) is 19.8. The first-order chi connectivity index (χ1) is 14.8. The Balaban J connectivity index is 1.68. The number of amides is 1. The monoisotopic (exact) mass is 416 g/mol. The van der Waals surface area contributed by atoms with Crippen molar-refractivity contribution in [3.63, 3.8) is 0 Å². The van der Waals surface area contributed by atoms with Gasteiger partial charge in [0.1, 0.15) is 0 Å². The molecule has 1 N–H and O–H groups in total. The number of nitrogens with zero attached hydrogens (tertiary/aromatic N) is 2. The standard InChI is InChI=1S/C24H20N2O5/c1-16-7-2-3-8-18(16)15-25-21-12-5-4-11-20(21)24(29,23(25)28)14-22(27)17-9-6-10-19(13-17)26(30)31/h2-13,29H,14-15H2,1H3/t24-/m0/s1. The summed E-state index contributed by atoms with van der Waals surface area (Å²) in [7, 11) is 0. The van der Waals surface area contributed by atoms with Crippen molar-refractivity contribution >= 4 is 23.1 Å². The van der Waals surface area contributed by atoms with Gasteiger partial charge in [-0.15, -0.1) is 0 Å². The number of ketones is 1. The number of rotatable bonds is 6. The van der Waals surface area contributed by atoms with Gasteiger partial charge in [0, 0.05) is 23.3 Å². The third kappa shape index (κ3) is 3.60. The van der Waals surface area contributed by atoms with Crippen molar-refractivity contribution in [3.05, 3.63) is 105 Å². The molecule has 1 aliphatic rings. The number of benzene rings is 3. The lowest BCUT2D eigenvalue weighted by Crippen LogP contribution is -2.41. The first-order valence-electron chi connectivity index (χ1n) is 9.77. The van der Waals surface area contributed by atoms with Crippen LogP contribution in [0.25, 0.3) is 0 Å². The summed E-state index contributed by atoms with van der Waals surface area (Å²) in [4.78, 5) is 38.2. The summed E-state index contributed by atoms with van der Waals surface area (Å²) in [5.41, 5.74) is 0.650. The molecule has 3 aromatic carbocycles. The molecular formula is C24H20N2O5. The van der Waals surface area contributed by atoms with Crippen molar-refractivity contribution in [2.75, 3.05) is 4.90 Å². The third-order valence-electron chi connectivity index (χ3n) is 5.62. The van der Waals surface area contributed by atoms with Crippen LogP contribution in [0.3, 0.4) is 0 Å². The molecule has 0 saturated heterocycles. The molecule has 1 aliphatic heterocycles. The minimum absolute atomic E-state index is 0.0743. The van der Waals surface area contributed by atoms with E-state index in [4.69, 9.17) is 0 Å². The lowest BCUT2D eigenvalue weighted by Gasteiger charge is -2.23. The topological polar surface area (TPSA) is 101 Å². The van der Waals surface area contributed by atoms with Crippen molar-refractivity contribution in [1.82, 2.24) is 0 Å². The number of Topliss-reactive ketones (excluding diaryl/α,β-unsaturated/α-hetero) is 1. The molecule has 1 amide bonds. The SMILES string of the molecule is Cc1ccccc1CN1C(=O)[C@](O)(CC(=O)c2cccc([N+](=O)[O-])c2)c2ccccc21. The largest absolute Gasteiger partial charge is 0.375 e. The maximum absolute atomic E-state index is 13.4. The van der Waals surface area contributed by atoms with E-state index in [1.54, 1.807) is 24.3 Å². The Morgan fingerprint density at radius 1 is 1.06 bits per heavy atom. The first-order valence-corrected chi connectivity index (χ1v) is 9.77. The third-order valence-corrected chi connectivity index (χ3v) is 5.62. The van der Waals surface area contributed by atoms with Gasteiger partial charge in [0.25, 0.3) is 11.6 Å². The lowest BCUT2D eigenvalue weighted by atomic mass is 9.88. The number of aliphatic hydroxyl groups is 1. The number of carbonyl (C=O) groups is 2. The minimum Gasteiger partial charge on any atom is -0.375 e. The molecule has 0 saturated carbocycles. The Hall–Kier alpha value is -3.84. The molecule has 0 aromatic heterocycles. The van der Waals surface area contributed by atoms with E-state index in [2.05, 4.69) is 0 Å². The van der Waals surface area contributed by atoms with Gasteiger partial charge in [-0.1, -0.05) is 54.6 Å². The Kier molecular flexibility index (Phi) is 5.12. The molecule has 0 radical (unpaired) electrons. The Morgan fingerprint density at radius 2 is 1.77 bits per heavy atom. The quantitative estimate of drug-likeness (QED) is 0.373. The van der Waals surface area contributed by atoms with Gasteiger partial charge in [-0.3, -0.25) is 19.7 Å². The maximum Gasteiger partial charge on any atom is 0.270 e. The molecule has 3 aromatic rings. The van der Waals surface area contributed by atoms with E-state index in [1.807, 2.05) is 31.2 Å². The summed E-state index contributed by atoms with van der Waals surface area (Å²) in [5, 5.41) is 22.4. The summed E-state index contributed by atoms with van der Waals surface area (Å²) >= 11 is 0. The fourth-order valence-electron chi connectivity index (χ4n) is 3.92. The van der Waals surface area contributed by atoms with Gasteiger partial charge in [-0.25, -0.2) is 0 Å². The van der Waals surface area contributed by atoms with E-state index in [0.29, 0.717) is 11.3 Å². The van der Waals surface area contributed by atoms with Crippen LogP contribution in [-0.4, -0.2) is 21.7 Å². The molecule has 4 rings (SSSR count). The lowest BCUT2D eigenvalue weighted by molar-refractivity contribution is -0.384. The molecule has 0 unspecified atom stereocenters. The van der Waals surface area contributed by atoms with Gasteiger partial charge in [0.15, 0.2) is 11.4 Å². The van der Waals surface area contributed by atoms with Crippen molar-refractivity contribution in [2.45, 2.75) is 25.5 Å². The van der Waals surface area contributed by atoms with E-state index < -0.39 is 28.6 Å². The first kappa shape index (κ1) is 20.4. The molecule has 1 heterocycles. The molecule has 7 heteroatoms. The van der Waals surface area contributed by atoms with Gasteiger partial charge in [0.2, 0.25) is 0 Å². The average molecular weight is 416 g/mol. The van der Waals surface area contributed by atoms with Crippen LogP contribution >= 0.6 is 0 Å². The van der Waals surface area contributed by atoms with Crippen molar-refractivity contribution in [2.24, 2.45) is 0 Å². The van der Waals surface area contributed by atoms with E-state index in [-0.39, 0.29) is 17.8 Å². The summed E-state index contributed by atoms with van der Waals surface area (Å²) in [5.74, 6) is -1.14. The van der Waals surface area contributed by atoms with Crippen LogP contribution in [-0.2, 0) is 16.9 Å². The summed E-state index contributed by atoms with van der Waals surface area (Å²) < 4.78 is 0. The number of aryl methyl sites for hydroxylation is 1. The average Bonchev–Trinajstić information content (AvgIpc) is 2.97. The fraction of sp³-hybridized carbons (Fsp3) is 0.167. The molecule has 7 nitrogen and oxygen atoms in total. The van der Waals surface area contributed by atoms with Crippen molar-refractivity contribution in [3.8, 4) is 0 Å². The minimum atomic E-state index is -2.04. The smallest absolute Gasteiger partial charge is 0.270 e. The maximum atomic E-state index is 13.4. The van der Waals surface area contributed by atoms with Crippen LogP contribution in [0.2, 0.25) is 0 Å². The molecule has 0 spiro atoms. The highest BCUT2D eigenvalue weighted by atomic mass is 16.6. The highest BCUT2D eigenvalue weighted by Gasteiger charge is 2.50. The number of hydrogen-bond donors (Lipinski definition) is 1. The van der Waals surface area contributed by atoms with Crippen molar-refractivity contribution < 1.29 is 19.6 Å². The van der Waals surface area contributed by atoms with Crippen LogP contribution in [0, 0.1) is 17.0 Å². The predicted octanol–water partition coefficient (Wildman–Crippen LogP) is 3.91. The van der Waals surface area contributed by atoms with Gasteiger partial charge >= 0.3 is 0 Å². The zero-order valence-corrected chi connectivity index (χ0v) is 16.8. The molecule has 156 valence electrons. The Labute approximate surface area is 178 Å². The normalized spacial score (nSPS) is 17.5. The predicted molar refractivity (Wildman–Crippen MR) is 115 cm³/mol. The van der Waals surface area contributed by atoms with Gasteiger partial charge in [-0.2, -0.15) is 0 Å². The number of non-ortho nitro benzene ring substituents is 1. The second-order valence-electron chi connectivity index (χ2n) is 7.60. The second-order valence-corrected chi connectivity index (χ2v) is 7.60. The van der Waals surface area contributed by atoms with Crippen LogP contribution in [0.15, 0.2) is 72.8 Å². The number of carbonyl (C=O) groups excluding carboxylic acids is 2. The van der Waals surface area contributed by atoms with E-state index in [1.165, 1.54) is 23.1 Å². The fourth-order valence-corrected chi connectivity index (χ4v) is 3.92. The number of nitro groups is 1. The van der Waals surface area contributed by atoms with Crippen LogP contribution in [0.4, 0.5) is 11.4 Å².